The van der Waals surface area contributed by atoms with Crippen molar-refractivity contribution in [2.75, 3.05) is 18.4 Å². The van der Waals surface area contributed by atoms with Gasteiger partial charge in [-0.25, -0.2) is 8.42 Å². The van der Waals surface area contributed by atoms with E-state index in [-0.39, 0.29) is 28.8 Å². The molecule has 4 rings (SSSR count). The van der Waals surface area contributed by atoms with Gasteiger partial charge in [-0.2, -0.15) is 4.31 Å². The molecule has 0 radical (unpaired) electrons. The number of aryl methyl sites for hydroxylation is 2. The number of amides is 1. The van der Waals surface area contributed by atoms with Crippen LogP contribution in [0.1, 0.15) is 35.5 Å². The lowest BCUT2D eigenvalue weighted by atomic mass is 10.1. The Morgan fingerprint density at radius 2 is 1.68 bits per heavy atom. The van der Waals surface area contributed by atoms with Gasteiger partial charge in [-0.05, 0) is 64.1 Å². The number of hydrogen-bond acceptors (Lipinski definition) is 5. The van der Waals surface area contributed by atoms with Crippen LogP contribution < -0.4 is 5.32 Å². The molecule has 1 amide bonds. The fraction of sp³-hybridized carbons (Fsp3) is 0.348. The molecule has 1 saturated heterocycles. The number of benzene rings is 2. The summed E-state index contributed by atoms with van der Waals surface area (Å²) in [5, 5.41) is 3.69. The van der Waals surface area contributed by atoms with E-state index in [2.05, 4.69) is 5.32 Å². The predicted octanol–water partition coefficient (Wildman–Crippen LogP) is 4.10. The zero-order valence-electron chi connectivity index (χ0n) is 18.0. The van der Waals surface area contributed by atoms with E-state index in [1.807, 2.05) is 45.9 Å². The predicted molar refractivity (Wildman–Crippen MR) is 119 cm³/mol. The van der Waals surface area contributed by atoms with E-state index >= 15 is 0 Å². The molecule has 1 fully saturated rings. The van der Waals surface area contributed by atoms with Gasteiger partial charge in [-0.3, -0.25) is 4.79 Å². The zero-order chi connectivity index (χ0) is 22.3. The molecular weight excluding hydrogens is 416 g/mol. The van der Waals surface area contributed by atoms with Gasteiger partial charge in [0.15, 0.2) is 5.76 Å². The molecule has 8 heteroatoms. The molecule has 1 aliphatic rings. The van der Waals surface area contributed by atoms with Crippen LogP contribution in [-0.2, 0) is 14.8 Å². The molecule has 2 atom stereocenters. The van der Waals surface area contributed by atoms with Crippen molar-refractivity contribution in [2.24, 2.45) is 0 Å². The van der Waals surface area contributed by atoms with Gasteiger partial charge in [0.05, 0.1) is 17.1 Å². The Hall–Kier alpha value is -2.68. The highest BCUT2D eigenvalue weighted by atomic mass is 32.2. The largest absolute Gasteiger partial charge is 0.451 e. The summed E-state index contributed by atoms with van der Waals surface area (Å²) in [7, 11) is -3.63. The summed E-state index contributed by atoms with van der Waals surface area (Å²) in [6.07, 6.45) is -0.319. The summed E-state index contributed by atoms with van der Waals surface area (Å²) < 4.78 is 38.8. The van der Waals surface area contributed by atoms with Gasteiger partial charge in [0.1, 0.15) is 5.58 Å². The molecule has 0 aliphatic carbocycles. The average molecular weight is 443 g/mol. The third-order valence-electron chi connectivity index (χ3n) is 5.43. The van der Waals surface area contributed by atoms with Crippen LogP contribution in [0.25, 0.3) is 11.0 Å². The van der Waals surface area contributed by atoms with Crippen LogP contribution in [0, 0.1) is 13.8 Å². The summed E-state index contributed by atoms with van der Waals surface area (Å²) >= 11 is 0. The highest BCUT2D eigenvalue weighted by Crippen LogP contribution is 2.27. The fourth-order valence-electron chi connectivity index (χ4n) is 3.93. The van der Waals surface area contributed by atoms with Gasteiger partial charge in [-0.15, -0.1) is 0 Å². The maximum absolute atomic E-state index is 13.0. The summed E-state index contributed by atoms with van der Waals surface area (Å²) in [5.41, 5.74) is 3.00. The molecule has 1 aliphatic heterocycles. The number of ether oxygens (including phenoxy) is 1. The smallest absolute Gasteiger partial charge is 0.291 e. The van der Waals surface area contributed by atoms with Crippen molar-refractivity contribution >= 4 is 32.6 Å². The van der Waals surface area contributed by atoms with Gasteiger partial charge >= 0.3 is 0 Å². The molecule has 0 saturated carbocycles. The number of carbonyl (C=O) groups is 1. The fourth-order valence-corrected chi connectivity index (χ4v) is 5.52. The molecule has 0 spiro atoms. The Labute approximate surface area is 182 Å². The molecular formula is C23H26N2O5S. The number of rotatable bonds is 4. The molecule has 164 valence electrons. The summed E-state index contributed by atoms with van der Waals surface area (Å²) in [6.45, 7) is 8.18. The number of furan rings is 1. The lowest BCUT2D eigenvalue weighted by molar-refractivity contribution is -0.0440. The van der Waals surface area contributed by atoms with Crippen molar-refractivity contribution in [2.45, 2.75) is 44.8 Å². The number of hydrogen-bond donors (Lipinski definition) is 1. The minimum Gasteiger partial charge on any atom is -0.451 e. The van der Waals surface area contributed by atoms with Gasteiger partial charge in [0, 0.05) is 29.7 Å². The summed E-state index contributed by atoms with van der Waals surface area (Å²) in [6, 6.07) is 11.9. The normalized spacial score (nSPS) is 20.1. The lowest BCUT2D eigenvalue weighted by Crippen LogP contribution is -2.48. The molecule has 7 nitrogen and oxygen atoms in total. The van der Waals surface area contributed by atoms with Crippen LogP contribution in [0.3, 0.4) is 0 Å². The molecule has 2 heterocycles. The molecule has 2 aromatic carbocycles. The first kappa shape index (κ1) is 21.5. The van der Waals surface area contributed by atoms with E-state index in [0.717, 1.165) is 16.5 Å². The van der Waals surface area contributed by atoms with Crippen LogP contribution in [0.2, 0.25) is 0 Å². The van der Waals surface area contributed by atoms with E-state index in [1.54, 1.807) is 12.1 Å². The first-order chi connectivity index (χ1) is 14.6. The third-order valence-corrected chi connectivity index (χ3v) is 7.28. The average Bonchev–Trinajstić information content (AvgIpc) is 3.04. The number of nitrogens with zero attached hydrogens (tertiary/aromatic N) is 1. The van der Waals surface area contributed by atoms with E-state index in [9.17, 15) is 13.2 Å². The molecule has 31 heavy (non-hydrogen) atoms. The van der Waals surface area contributed by atoms with Crippen molar-refractivity contribution in [1.29, 1.82) is 0 Å². The van der Waals surface area contributed by atoms with Gasteiger partial charge in [-0.1, -0.05) is 11.6 Å². The van der Waals surface area contributed by atoms with Crippen LogP contribution in [0.5, 0.6) is 0 Å². The van der Waals surface area contributed by atoms with E-state index in [1.165, 1.54) is 16.4 Å². The minimum absolute atomic E-state index is 0.159. The number of morpholine rings is 1. The first-order valence-electron chi connectivity index (χ1n) is 10.2. The Balaban J connectivity index is 1.52. The van der Waals surface area contributed by atoms with Crippen molar-refractivity contribution in [3.05, 3.63) is 59.4 Å². The SMILES string of the molecule is Cc1ccc2oc(C(=O)Nc3ccc(S(=O)(=O)N4CC(C)OC(C)C4)cc3)c(C)c2c1. The van der Waals surface area contributed by atoms with E-state index in [0.29, 0.717) is 24.4 Å². The van der Waals surface area contributed by atoms with Crippen molar-refractivity contribution in [3.63, 3.8) is 0 Å². The highest BCUT2D eigenvalue weighted by Gasteiger charge is 2.32. The number of anilines is 1. The monoisotopic (exact) mass is 442 g/mol. The zero-order valence-corrected chi connectivity index (χ0v) is 18.8. The Bertz CT molecular complexity index is 1220. The molecule has 0 bridgehead atoms. The number of fused-ring (bicyclic) bond motifs is 1. The number of sulfonamides is 1. The Kier molecular flexibility index (Phi) is 5.63. The third kappa shape index (κ3) is 4.23. The number of carbonyl (C=O) groups excluding carboxylic acids is 1. The first-order valence-corrected chi connectivity index (χ1v) is 11.7. The summed E-state index contributed by atoms with van der Waals surface area (Å²) in [5.74, 6) is -0.133. The second kappa shape index (κ2) is 8.11. The number of nitrogens with one attached hydrogen (secondary N) is 1. The molecule has 3 aromatic rings. The molecule has 1 N–H and O–H groups in total. The van der Waals surface area contributed by atoms with Crippen LogP contribution in [-0.4, -0.2) is 43.9 Å². The highest BCUT2D eigenvalue weighted by molar-refractivity contribution is 7.89. The quantitative estimate of drug-likeness (QED) is 0.657. The minimum atomic E-state index is -3.63. The van der Waals surface area contributed by atoms with Gasteiger partial charge < -0.3 is 14.5 Å². The van der Waals surface area contributed by atoms with Gasteiger partial charge in [0.25, 0.3) is 5.91 Å². The summed E-state index contributed by atoms with van der Waals surface area (Å²) in [4.78, 5) is 12.9. The maximum atomic E-state index is 13.0. The van der Waals surface area contributed by atoms with Crippen molar-refractivity contribution in [3.8, 4) is 0 Å². The van der Waals surface area contributed by atoms with Crippen molar-refractivity contribution < 1.29 is 22.4 Å². The standard InChI is InChI=1S/C23H26N2O5S/c1-14-5-10-21-20(11-14)17(4)22(30-21)23(26)24-18-6-8-19(9-7-18)31(27,28)25-12-15(2)29-16(3)13-25/h5-11,15-16H,12-13H2,1-4H3,(H,24,26). The Morgan fingerprint density at radius 3 is 2.32 bits per heavy atom. The van der Waals surface area contributed by atoms with Crippen LogP contribution in [0.15, 0.2) is 51.8 Å². The second-order valence-electron chi connectivity index (χ2n) is 8.11. The van der Waals surface area contributed by atoms with Crippen molar-refractivity contribution in [1.82, 2.24) is 4.31 Å². The van der Waals surface area contributed by atoms with Crippen LogP contribution in [0.4, 0.5) is 5.69 Å². The van der Waals surface area contributed by atoms with E-state index in [4.69, 9.17) is 9.15 Å². The Morgan fingerprint density at radius 1 is 1.03 bits per heavy atom. The van der Waals surface area contributed by atoms with Gasteiger partial charge in [0.2, 0.25) is 10.0 Å². The topological polar surface area (TPSA) is 88.8 Å². The molecule has 2 unspecified atom stereocenters. The molecule has 1 aromatic heterocycles. The second-order valence-corrected chi connectivity index (χ2v) is 10.1. The lowest BCUT2D eigenvalue weighted by Gasteiger charge is -2.34. The van der Waals surface area contributed by atoms with E-state index < -0.39 is 10.0 Å². The van der Waals surface area contributed by atoms with Crippen LogP contribution >= 0.6 is 0 Å². The maximum Gasteiger partial charge on any atom is 0.291 e.